The fraction of sp³-hybridized carbons (Fsp3) is 0.0541. The van der Waals surface area contributed by atoms with Crippen molar-refractivity contribution < 1.29 is 0 Å². The van der Waals surface area contributed by atoms with Gasteiger partial charge in [-0.3, -0.25) is 0 Å². The predicted octanol–water partition coefficient (Wildman–Crippen LogP) is 20.1. The van der Waals surface area contributed by atoms with E-state index in [1.165, 1.54) is 155 Å². The molecule has 0 bridgehead atoms. The highest BCUT2D eigenvalue weighted by Crippen LogP contribution is 2.56. The molecule has 2 aliphatic carbocycles. The number of nitrogens with zero attached hydrogens (tertiary/aromatic N) is 2. The molecule has 13 aromatic rings. The predicted molar refractivity (Wildman–Crippen MR) is 320 cm³/mol. The van der Waals surface area contributed by atoms with Crippen molar-refractivity contribution in [3.8, 4) is 66.8 Å². The Morgan fingerprint density at radius 3 is 0.882 bits per heavy atom. The summed E-state index contributed by atoms with van der Waals surface area (Å²) in [5.41, 5.74) is 28.2. The van der Waals surface area contributed by atoms with E-state index in [0.29, 0.717) is 0 Å². The van der Waals surface area contributed by atoms with Crippen molar-refractivity contribution in [2.45, 2.75) is 25.7 Å². The molecule has 4 aliphatic rings. The monoisotopic (exact) mass is 964 g/mol. The third-order valence-electron chi connectivity index (χ3n) is 17.5. The molecule has 0 aromatic heterocycles. The molecule has 2 heteroatoms. The van der Waals surface area contributed by atoms with Crippen LogP contribution >= 0.6 is 0 Å². The van der Waals surface area contributed by atoms with Gasteiger partial charge in [-0.2, -0.15) is 0 Å². The van der Waals surface area contributed by atoms with E-state index >= 15 is 0 Å². The van der Waals surface area contributed by atoms with Crippen molar-refractivity contribution in [3.63, 3.8) is 0 Å². The molecule has 0 atom stereocenters. The minimum Gasteiger partial charge on any atom is -0.310 e. The van der Waals surface area contributed by atoms with Gasteiger partial charge in [-0.05, 0) is 206 Å². The minimum atomic E-state index is 0.990. The zero-order valence-electron chi connectivity index (χ0n) is 41.8. The molecular formula is C74H48N2. The molecule has 0 fully saturated rings. The van der Waals surface area contributed by atoms with E-state index in [1.54, 1.807) is 0 Å². The van der Waals surface area contributed by atoms with Gasteiger partial charge in [0.05, 0.1) is 0 Å². The first-order valence-corrected chi connectivity index (χ1v) is 27.0. The number of rotatable bonds is 4. The van der Waals surface area contributed by atoms with Crippen molar-refractivity contribution in [1.82, 2.24) is 0 Å². The highest BCUT2D eigenvalue weighted by Gasteiger charge is 2.30. The number of fused-ring (bicyclic) bond motifs is 12. The van der Waals surface area contributed by atoms with E-state index in [1.807, 2.05) is 0 Å². The summed E-state index contributed by atoms with van der Waals surface area (Å²) in [6, 6.07) is 92.6. The van der Waals surface area contributed by atoms with Crippen molar-refractivity contribution in [3.05, 3.63) is 265 Å². The van der Waals surface area contributed by atoms with Crippen molar-refractivity contribution in [2.24, 2.45) is 0 Å². The maximum Gasteiger partial charge on any atom is 0.0493 e. The Labute approximate surface area is 442 Å². The number of hydrogen-bond donors (Lipinski definition) is 0. The Hall–Kier alpha value is -9.50. The molecular weight excluding hydrogens is 917 g/mol. The lowest BCUT2D eigenvalue weighted by Crippen LogP contribution is -2.12. The van der Waals surface area contributed by atoms with Crippen LogP contribution in [0, 0.1) is 0 Å². The summed E-state index contributed by atoms with van der Waals surface area (Å²) >= 11 is 0. The van der Waals surface area contributed by atoms with E-state index in [0.717, 1.165) is 37.1 Å². The minimum absolute atomic E-state index is 0.990. The summed E-state index contributed by atoms with van der Waals surface area (Å²) in [4.78, 5) is 5.09. The van der Waals surface area contributed by atoms with Gasteiger partial charge in [-0.15, -0.1) is 0 Å². The zero-order chi connectivity index (χ0) is 49.6. The van der Waals surface area contributed by atoms with Gasteiger partial charge in [0.2, 0.25) is 0 Å². The Balaban J connectivity index is 1.03. The molecule has 354 valence electrons. The summed E-state index contributed by atoms with van der Waals surface area (Å²) in [5, 5.41) is 10.2. The highest BCUT2D eigenvalue weighted by atomic mass is 15.2. The van der Waals surface area contributed by atoms with Crippen LogP contribution in [0.2, 0.25) is 0 Å². The number of anilines is 6. The van der Waals surface area contributed by atoms with Gasteiger partial charge in [0.25, 0.3) is 0 Å². The molecule has 76 heavy (non-hydrogen) atoms. The lowest BCUT2D eigenvalue weighted by Gasteiger charge is -2.29. The van der Waals surface area contributed by atoms with Crippen molar-refractivity contribution in [1.29, 1.82) is 0 Å². The van der Waals surface area contributed by atoms with Crippen LogP contribution in [0.15, 0.2) is 243 Å². The fourth-order valence-electron chi connectivity index (χ4n) is 14.2. The summed E-state index contributed by atoms with van der Waals surface area (Å²) in [6.07, 6.45) is 3.96. The average Bonchev–Trinajstić information content (AvgIpc) is 3.85. The lowest BCUT2D eigenvalue weighted by atomic mass is 9.82. The standard InChI is InChI=1S/C74H48N2/c1-9-27-67-45(15-1)31-32-46-16-2-10-28-68(46)75(67)49-35-37-63-65(43-49)73(61-41-39-59-53-21-7-5-19-51(53)55-23-13-25-57(61)71(55)59)64-38-36-50(76-69-29-11-3-17-47(69)33-34-48-18-4-12-30-70(48)76)44-66(64)74(63)62-42-40-60-54-22-8-6-20-52(54)56-24-14-26-58(62)72(56)60/h1-30,35-44H,31-34H2. The molecule has 2 nitrogen and oxygen atoms in total. The molecule has 0 N–H and O–H groups in total. The van der Waals surface area contributed by atoms with E-state index in [2.05, 4.69) is 252 Å². The second-order valence-corrected chi connectivity index (χ2v) is 21.3. The lowest BCUT2D eigenvalue weighted by molar-refractivity contribution is 0.977. The zero-order valence-corrected chi connectivity index (χ0v) is 41.8. The van der Waals surface area contributed by atoms with Crippen molar-refractivity contribution in [2.75, 3.05) is 9.80 Å². The Morgan fingerprint density at radius 1 is 0.211 bits per heavy atom. The van der Waals surface area contributed by atoms with Gasteiger partial charge >= 0.3 is 0 Å². The topological polar surface area (TPSA) is 6.48 Å². The smallest absolute Gasteiger partial charge is 0.0493 e. The van der Waals surface area contributed by atoms with Crippen LogP contribution in [0.4, 0.5) is 34.1 Å². The molecule has 13 aromatic carbocycles. The molecule has 2 heterocycles. The quantitative estimate of drug-likeness (QED) is 0.162. The van der Waals surface area contributed by atoms with Crippen LogP contribution < -0.4 is 9.80 Å². The third kappa shape index (κ3) is 5.87. The number of aryl methyl sites for hydroxylation is 4. The Bertz CT molecular complexity index is 4220. The molecule has 0 amide bonds. The number of hydrogen-bond acceptors (Lipinski definition) is 2. The van der Waals surface area contributed by atoms with Crippen LogP contribution in [0.3, 0.4) is 0 Å². The van der Waals surface area contributed by atoms with E-state index < -0.39 is 0 Å². The van der Waals surface area contributed by atoms with Gasteiger partial charge < -0.3 is 9.80 Å². The summed E-state index contributed by atoms with van der Waals surface area (Å²) in [6.45, 7) is 0. The SMILES string of the molecule is c1ccc2c(c1)CCc1ccccc1N2c1ccc2c(-c3ccc4c5c(cccc35)-c3ccccc3-4)c3cc(N4c5ccccc5CCc5ccccc54)ccc3c(-c3ccc4c5c(cccc35)-c3ccccc3-4)c2c1. The maximum atomic E-state index is 2.54. The van der Waals surface area contributed by atoms with E-state index in [4.69, 9.17) is 0 Å². The first kappa shape index (κ1) is 41.9. The van der Waals surface area contributed by atoms with Crippen molar-refractivity contribution >= 4 is 77.2 Å². The fourth-order valence-corrected chi connectivity index (χ4v) is 14.2. The van der Waals surface area contributed by atoms with Crippen LogP contribution in [0.25, 0.3) is 110 Å². The van der Waals surface area contributed by atoms with Gasteiger partial charge in [0.1, 0.15) is 0 Å². The first-order chi connectivity index (χ1) is 37.7. The molecule has 0 saturated carbocycles. The second-order valence-electron chi connectivity index (χ2n) is 21.3. The van der Waals surface area contributed by atoms with E-state index in [-0.39, 0.29) is 0 Å². The highest BCUT2D eigenvalue weighted by molar-refractivity contribution is 6.30. The molecule has 0 spiro atoms. The summed E-state index contributed by atoms with van der Waals surface area (Å²) in [5.74, 6) is 0. The van der Waals surface area contributed by atoms with Crippen LogP contribution in [-0.2, 0) is 25.7 Å². The maximum absolute atomic E-state index is 2.54. The van der Waals surface area contributed by atoms with E-state index in [9.17, 15) is 0 Å². The van der Waals surface area contributed by atoms with Gasteiger partial charge in [0.15, 0.2) is 0 Å². The summed E-state index contributed by atoms with van der Waals surface area (Å²) in [7, 11) is 0. The molecule has 0 unspecified atom stereocenters. The van der Waals surface area contributed by atoms with Crippen LogP contribution in [0.5, 0.6) is 0 Å². The Kier molecular flexibility index (Phi) is 8.83. The molecule has 0 saturated heterocycles. The van der Waals surface area contributed by atoms with Gasteiger partial charge in [0, 0.05) is 34.1 Å². The second kappa shape index (κ2) is 16.0. The molecule has 2 aliphatic heterocycles. The third-order valence-corrected chi connectivity index (χ3v) is 17.5. The summed E-state index contributed by atoms with van der Waals surface area (Å²) < 4.78 is 0. The van der Waals surface area contributed by atoms with Crippen LogP contribution in [0.1, 0.15) is 22.3 Å². The average molecular weight is 965 g/mol. The first-order valence-electron chi connectivity index (χ1n) is 27.0. The molecule has 0 radical (unpaired) electrons. The normalized spacial score (nSPS) is 13.5. The van der Waals surface area contributed by atoms with Gasteiger partial charge in [-0.1, -0.05) is 194 Å². The molecule has 17 rings (SSSR count). The van der Waals surface area contributed by atoms with Crippen LogP contribution in [-0.4, -0.2) is 0 Å². The number of benzene rings is 13. The largest absolute Gasteiger partial charge is 0.310 e. The van der Waals surface area contributed by atoms with Gasteiger partial charge in [-0.25, -0.2) is 0 Å². The Morgan fingerprint density at radius 2 is 0.513 bits per heavy atom. The number of para-hydroxylation sites is 4.